The van der Waals surface area contributed by atoms with Crippen molar-refractivity contribution in [3.8, 4) is 6.07 Å². The van der Waals surface area contributed by atoms with Gasteiger partial charge in [-0.2, -0.15) is 18.3 Å². The fourth-order valence-electron chi connectivity index (χ4n) is 0.737. The van der Waals surface area contributed by atoms with Crippen molar-refractivity contribution in [2.45, 2.75) is 19.1 Å². The normalized spacial score (nSPS) is 12.0. The smallest absolute Gasteiger partial charge is 0.206 e. The van der Waals surface area contributed by atoms with Crippen LogP contribution in [0.2, 0.25) is 0 Å². The van der Waals surface area contributed by atoms with Crippen molar-refractivity contribution >= 4 is 10.0 Å². The molecular weight excluding hydrogens is 202 g/mol. The molecule has 0 unspecified atom stereocenters. The Hall–Kier alpha value is -0.740. The zero-order valence-electron chi connectivity index (χ0n) is 7.07. The molecule has 13 heavy (non-hydrogen) atoms. The highest BCUT2D eigenvalue weighted by molar-refractivity contribution is 7.89. The summed E-state index contributed by atoms with van der Waals surface area (Å²) in [6.45, 7) is 1.06. The van der Waals surface area contributed by atoms with Gasteiger partial charge in [0.25, 0.3) is 10.0 Å². The topological polar surface area (TPSA) is 61.2 Å². The average molecular weight is 212 g/mol. The van der Waals surface area contributed by atoms with Crippen LogP contribution in [0.5, 0.6) is 0 Å². The van der Waals surface area contributed by atoms with Crippen molar-refractivity contribution in [2.75, 3.05) is 13.1 Å². The predicted molar refractivity (Wildman–Crippen MR) is 42.4 cm³/mol. The van der Waals surface area contributed by atoms with Crippen LogP contribution in [0.15, 0.2) is 0 Å². The van der Waals surface area contributed by atoms with Gasteiger partial charge < -0.3 is 0 Å². The molecule has 0 atom stereocenters. The summed E-state index contributed by atoms with van der Waals surface area (Å²) in [6, 6.07) is 1.53. The molecule has 0 N–H and O–H groups in total. The van der Waals surface area contributed by atoms with E-state index in [0.29, 0.717) is 10.7 Å². The first-order valence-electron chi connectivity index (χ1n) is 3.60. The number of sulfonamides is 1. The molecule has 4 nitrogen and oxygen atoms in total. The second kappa shape index (κ2) is 5.09. The number of halogens is 2. The van der Waals surface area contributed by atoms with Crippen LogP contribution < -0.4 is 0 Å². The Kier molecular flexibility index (Phi) is 4.80. The first-order valence-corrected chi connectivity index (χ1v) is 5.11. The lowest BCUT2D eigenvalue weighted by Crippen LogP contribution is -2.36. The molecule has 0 heterocycles. The fraction of sp³-hybridized carbons (Fsp3) is 0.833. The second-order valence-electron chi connectivity index (χ2n) is 2.30. The van der Waals surface area contributed by atoms with E-state index in [-0.39, 0.29) is 6.54 Å². The maximum Gasteiger partial charge on any atom is 0.350 e. The molecule has 7 heteroatoms. The summed E-state index contributed by atoms with van der Waals surface area (Å²) in [7, 11) is -4.59. The highest BCUT2D eigenvalue weighted by Gasteiger charge is 2.30. The summed E-state index contributed by atoms with van der Waals surface area (Å²) in [6.07, 6.45) is 0.396. The number of hydrogen-bond acceptors (Lipinski definition) is 3. The van der Waals surface area contributed by atoms with E-state index in [1.807, 2.05) is 0 Å². The quantitative estimate of drug-likeness (QED) is 0.632. The van der Waals surface area contributed by atoms with E-state index < -0.39 is 22.3 Å². The minimum absolute atomic E-state index is 0.0553. The Morgan fingerprint density at radius 2 is 2.08 bits per heavy atom. The number of nitriles is 1. The summed E-state index contributed by atoms with van der Waals surface area (Å²) in [5.74, 6) is -3.45. The van der Waals surface area contributed by atoms with Crippen LogP contribution in [0, 0.1) is 11.3 Å². The number of hydrogen-bond donors (Lipinski definition) is 0. The lowest BCUT2D eigenvalue weighted by Gasteiger charge is -2.17. The highest BCUT2D eigenvalue weighted by Crippen LogP contribution is 2.11. The molecular formula is C6H10F2N2O2S. The zero-order valence-corrected chi connectivity index (χ0v) is 7.89. The van der Waals surface area contributed by atoms with Gasteiger partial charge in [0.1, 0.15) is 6.54 Å². The minimum atomic E-state index is -4.59. The third kappa shape index (κ3) is 3.24. The molecule has 0 aliphatic heterocycles. The lowest BCUT2D eigenvalue weighted by atomic mass is 10.5. The Morgan fingerprint density at radius 3 is 2.38 bits per heavy atom. The highest BCUT2D eigenvalue weighted by atomic mass is 32.2. The SMILES string of the molecule is CCCN(CC#N)S(=O)(=O)C(F)F. The van der Waals surface area contributed by atoms with Crippen LogP contribution in [0.4, 0.5) is 8.78 Å². The van der Waals surface area contributed by atoms with Gasteiger partial charge in [-0.25, -0.2) is 8.42 Å². The molecule has 76 valence electrons. The Morgan fingerprint density at radius 1 is 1.54 bits per heavy atom. The Bertz CT molecular complexity index is 283. The van der Waals surface area contributed by atoms with Gasteiger partial charge in [0.05, 0.1) is 6.07 Å². The molecule has 0 fully saturated rings. The number of nitrogens with zero attached hydrogens (tertiary/aromatic N) is 2. The molecule has 0 saturated carbocycles. The van der Waals surface area contributed by atoms with Crippen molar-refractivity contribution < 1.29 is 17.2 Å². The van der Waals surface area contributed by atoms with Gasteiger partial charge in [-0.15, -0.1) is 0 Å². The first kappa shape index (κ1) is 12.3. The maximum atomic E-state index is 12.0. The monoisotopic (exact) mass is 212 g/mol. The molecule has 0 aromatic rings. The molecule has 0 aromatic carbocycles. The Balaban J connectivity index is 4.65. The van der Waals surface area contributed by atoms with Gasteiger partial charge in [0.15, 0.2) is 0 Å². The summed E-state index contributed by atoms with van der Waals surface area (Å²) >= 11 is 0. The molecule has 0 saturated heterocycles. The average Bonchev–Trinajstić information content (AvgIpc) is 2.03. The van der Waals surface area contributed by atoms with Crippen molar-refractivity contribution in [1.82, 2.24) is 4.31 Å². The summed E-state index contributed by atoms with van der Waals surface area (Å²) in [5.41, 5.74) is 0. The fourth-order valence-corrected chi connectivity index (χ4v) is 1.64. The molecule has 0 amide bonds. The second-order valence-corrected chi connectivity index (χ2v) is 4.20. The van der Waals surface area contributed by atoms with E-state index in [9.17, 15) is 17.2 Å². The van der Waals surface area contributed by atoms with Crippen LogP contribution >= 0.6 is 0 Å². The number of alkyl halides is 2. The molecule has 0 spiro atoms. The minimum Gasteiger partial charge on any atom is -0.206 e. The van der Waals surface area contributed by atoms with Gasteiger partial charge >= 0.3 is 5.76 Å². The van der Waals surface area contributed by atoms with Gasteiger partial charge in [-0.1, -0.05) is 6.92 Å². The number of rotatable bonds is 5. The van der Waals surface area contributed by atoms with Crippen LogP contribution in [-0.4, -0.2) is 31.6 Å². The third-order valence-corrected chi connectivity index (χ3v) is 2.79. The summed E-state index contributed by atoms with van der Waals surface area (Å²) < 4.78 is 46.1. The van der Waals surface area contributed by atoms with Gasteiger partial charge in [-0.05, 0) is 6.42 Å². The van der Waals surface area contributed by atoms with Crippen molar-refractivity contribution in [3.05, 3.63) is 0 Å². The molecule has 0 bridgehead atoms. The summed E-state index contributed by atoms with van der Waals surface area (Å²) in [4.78, 5) is 0. The van der Waals surface area contributed by atoms with E-state index in [2.05, 4.69) is 0 Å². The first-order chi connectivity index (χ1) is 5.96. The largest absolute Gasteiger partial charge is 0.350 e. The van der Waals surface area contributed by atoms with Gasteiger partial charge in [0.2, 0.25) is 0 Å². The van der Waals surface area contributed by atoms with Crippen LogP contribution in [0.1, 0.15) is 13.3 Å². The molecule has 0 aromatic heterocycles. The molecule has 0 radical (unpaired) electrons. The predicted octanol–water partition coefficient (Wildman–Crippen LogP) is 0.774. The van der Waals surface area contributed by atoms with E-state index in [4.69, 9.17) is 5.26 Å². The van der Waals surface area contributed by atoms with Crippen molar-refractivity contribution in [2.24, 2.45) is 0 Å². The maximum absolute atomic E-state index is 12.0. The van der Waals surface area contributed by atoms with E-state index in [1.165, 1.54) is 6.07 Å². The van der Waals surface area contributed by atoms with E-state index >= 15 is 0 Å². The van der Waals surface area contributed by atoms with Crippen molar-refractivity contribution in [3.63, 3.8) is 0 Å². The lowest BCUT2D eigenvalue weighted by molar-refractivity contribution is 0.221. The standard InChI is InChI=1S/C6H10F2N2O2S/c1-2-4-10(5-3-9)13(11,12)6(7)8/h6H,2,4-5H2,1H3. The third-order valence-electron chi connectivity index (χ3n) is 1.31. The van der Waals surface area contributed by atoms with E-state index in [0.717, 1.165) is 0 Å². The zero-order chi connectivity index (χ0) is 10.5. The molecule has 0 aliphatic rings. The van der Waals surface area contributed by atoms with Gasteiger partial charge in [0, 0.05) is 6.54 Å². The van der Waals surface area contributed by atoms with Crippen LogP contribution in [0.25, 0.3) is 0 Å². The van der Waals surface area contributed by atoms with Crippen LogP contribution in [-0.2, 0) is 10.0 Å². The molecule has 0 rings (SSSR count). The van der Waals surface area contributed by atoms with Crippen LogP contribution in [0.3, 0.4) is 0 Å². The summed E-state index contributed by atoms with van der Waals surface area (Å²) in [5, 5.41) is 8.21. The van der Waals surface area contributed by atoms with Crippen molar-refractivity contribution in [1.29, 1.82) is 5.26 Å². The van der Waals surface area contributed by atoms with Gasteiger partial charge in [-0.3, -0.25) is 0 Å². The Labute approximate surface area is 75.8 Å². The molecule has 0 aliphatic carbocycles. The van der Waals surface area contributed by atoms with E-state index in [1.54, 1.807) is 6.92 Å².